The fraction of sp³-hybridized carbons (Fsp3) is 0.267. The van der Waals surface area contributed by atoms with E-state index in [1.165, 1.54) is 5.56 Å². The molecule has 0 aliphatic heterocycles. The fourth-order valence-electron chi connectivity index (χ4n) is 1.63. The molecule has 0 radical (unpaired) electrons. The van der Waals surface area contributed by atoms with Crippen LogP contribution in [0.25, 0.3) is 0 Å². The van der Waals surface area contributed by atoms with Gasteiger partial charge in [-0.3, -0.25) is 4.98 Å². The van der Waals surface area contributed by atoms with Crippen molar-refractivity contribution in [3.63, 3.8) is 0 Å². The Balaban J connectivity index is 2.72. The van der Waals surface area contributed by atoms with Crippen molar-refractivity contribution in [2.24, 2.45) is 0 Å². The molecule has 0 atom stereocenters. The molecule has 0 bridgehead atoms. The summed E-state index contributed by atoms with van der Waals surface area (Å²) >= 11 is 0. The van der Waals surface area contributed by atoms with E-state index >= 15 is 0 Å². The fourth-order valence-corrected chi connectivity index (χ4v) is 1.63. The van der Waals surface area contributed by atoms with Crippen LogP contribution in [0.1, 0.15) is 18.2 Å². The topological polar surface area (TPSA) is 24.9 Å². The Labute approximate surface area is 104 Å². The summed E-state index contributed by atoms with van der Waals surface area (Å²) in [7, 11) is 1.91. The predicted octanol–water partition coefficient (Wildman–Crippen LogP) is 3.17. The normalized spacial score (nSPS) is 11.8. The summed E-state index contributed by atoms with van der Waals surface area (Å²) in [5.41, 5.74) is 4.44. The number of aryl methyl sites for hydroxylation is 1. The quantitative estimate of drug-likeness (QED) is 0.783. The molecule has 0 unspecified atom stereocenters. The van der Waals surface area contributed by atoms with Crippen molar-refractivity contribution >= 4 is 0 Å². The number of hydrogen-bond donors (Lipinski definition) is 1. The zero-order valence-electron chi connectivity index (χ0n) is 10.8. The molecule has 2 heteroatoms. The van der Waals surface area contributed by atoms with Gasteiger partial charge in [-0.25, -0.2) is 0 Å². The standard InChI is InChI=1S/C15H20N2/c1-5-6-15(16-4)10-12(2)9-14-7-8-17-13(3)11-14/h5-8,10-11,16H,2,9H2,1,3-4H3/b6-5-,15-10+. The van der Waals surface area contributed by atoms with Gasteiger partial charge in [0.05, 0.1) is 0 Å². The average Bonchev–Trinajstić information content (AvgIpc) is 2.28. The summed E-state index contributed by atoms with van der Waals surface area (Å²) in [5.74, 6) is 0. The molecule has 2 nitrogen and oxygen atoms in total. The van der Waals surface area contributed by atoms with Gasteiger partial charge in [0, 0.05) is 24.6 Å². The maximum absolute atomic E-state index is 4.19. The minimum Gasteiger partial charge on any atom is -0.388 e. The summed E-state index contributed by atoms with van der Waals surface area (Å²) < 4.78 is 0. The van der Waals surface area contributed by atoms with Crippen LogP contribution in [0.5, 0.6) is 0 Å². The zero-order valence-corrected chi connectivity index (χ0v) is 10.8. The molecule has 0 aliphatic carbocycles. The average molecular weight is 228 g/mol. The highest BCUT2D eigenvalue weighted by Gasteiger charge is 1.97. The van der Waals surface area contributed by atoms with Crippen LogP contribution in [0.2, 0.25) is 0 Å². The number of aromatic nitrogens is 1. The highest BCUT2D eigenvalue weighted by molar-refractivity contribution is 5.31. The van der Waals surface area contributed by atoms with Gasteiger partial charge in [-0.2, -0.15) is 0 Å². The molecule has 0 aliphatic rings. The molecule has 1 aromatic rings. The van der Waals surface area contributed by atoms with Gasteiger partial charge in [0.25, 0.3) is 0 Å². The smallest absolute Gasteiger partial charge is 0.0375 e. The zero-order chi connectivity index (χ0) is 12.7. The van der Waals surface area contributed by atoms with E-state index in [0.717, 1.165) is 23.4 Å². The van der Waals surface area contributed by atoms with E-state index in [1.807, 2.05) is 45.3 Å². The number of allylic oxidation sites excluding steroid dienone is 4. The predicted molar refractivity (Wildman–Crippen MR) is 73.8 cm³/mol. The molecular formula is C15H20N2. The first kappa shape index (κ1) is 13.2. The second kappa shape index (κ2) is 6.69. The number of hydrogen-bond acceptors (Lipinski definition) is 2. The summed E-state index contributed by atoms with van der Waals surface area (Å²) in [6.45, 7) is 8.08. The summed E-state index contributed by atoms with van der Waals surface area (Å²) in [6.07, 6.45) is 8.80. The molecule has 1 aromatic heterocycles. The van der Waals surface area contributed by atoms with Crippen LogP contribution in [0, 0.1) is 6.92 Å². The first-order valence-electron chi connectivity index (χ1n) is 5.77. The first-order valence-corrected chi connectivity index (χ1v) is 5.77. The van der Waals surface area contributed by atoms with Crippen LogP contribution < -0.4 is 5.32 Å². The third kappa shape index (κ3) is 4.68. The lowest BCUT2D eigenvalue weighted by Gasteiger charge is -2.05. The van der Waals surface area contributed by atoms with Crippen molar-refractivity contribution in [3.05, 3.63) is 65.7 Å². The van der Waals surface area contributed by atoms with Gasteiger partial charge in [0.15, 0.2) is 0 Å². The van der Waals surface area contributed by atoms with Crippen molar-refractivity contribution in [2.45, 2.75) is 20.3 Å². The maximum Gasteiger partial charge on any atom is 0.0375 e. The molecule has 0 saturated heterocycles. The molecule has 0 amide bonds. The van der Waals surface area contributed by atoms with Crippen LogP contribution in [-0.4, -0.2) is 12.0 Å². The van der Waals surface area contributed by atoms with E-state index in [0.29, 0.717) is 0 Å². The van der Waals surface area contributed by atoms with Gasteiger partial charge in [-0.05, 0) is 55.7 Å². The van der Waals surface area contributed by atoms with Crippen molar-refractivity contribution in [3.8, 4) is 0 Å². The SMILES string of the molecule is C=C(/C=C(\C=C/C)NC)Cc1ccnc(C)c1. The lowest BCUT2D eigenvalue weighted by Crippen LogP contribution is -2.03. The third-order valence-electron chi connectivity index (χ3n) is 2.39. The van der Waals surface area contributed by atoms with Gasteiger partial charge in [-0.1, -0.05) is 12.7 Å². The molecule has 1 N–H and O–H groups in total. The molecular weight excluding hydrogens is 208 g/mol. The van der Waals surface area contributed by atoms with Crippen LogP contribution >= 0.6 is 0 Å². The third-order valence-corrected chi connectivity index (χ3v) is 2.39. The maximum atomic E-state index is 4.19. The largest absolute Gasteiger partial charge is 0.388 e. The summed E-state index contributed by atoms with van der Waals surface area (Å²) in [5, 5.41) is 3.13. The number of likely N-dealkylation sites (N-methyl/N-ethyl adjacent to an activating group) is 1. The van der Waals surface area contributed by atoms with E-state index in [-0.39, 0.29) is 0 Å². The van der Waals surface area contributed by atoms with Gasteiger partial charge < -0.3 is 5.32 Å². The lowest BCUT2D eigenvalue weighted by atomic mass is 10.1. The minimum absolute atomic E-state index is 0.853. The van der Waals surface area contributed by atoms with Crippen molar-refractivity contribution in [1.29, 1.82) is 0 Å². The number of rotatable bonds is 5. The second-order valence-corrected chi connectivity index (χ2v) is 3.99. The second-order valence-electron chi connectivity index (χ2n) is 3.99. The summed E-state index contributed by atoms with van der Waals surface area (Å²) in [6, 6.07) is 4.12. The molecule has 0 spiro atoms. The number of nitrogens with zero attached hydrogens (tertiary/aromatic N) is 1. The van der Waals surface area contributed by atoms with Gasteiger partial charge in [0.1, 0.15) is 0 Å². The molecule has 1 heterocycles. The monoisotopic (exact) mass is 228 g/mol. The highest BCUT2D eigenvalue weighted by Crippen LogP contribution is 2.10. The van der Waals surface area contributed by atoms with E-state index in [4.69, 9.17) is 0 Å². The Bertz CT molecular complexity index is 442. The van der Waals surface area contributed by atoms with Gasteiger partial charge in [-0.15, -0.1) is 0 Å². The lowest BCUT2D eigenvalue weighted by molar-refractivity contribution is 1.02. The Hall–Kier alpha value is -1.83. The Morgan fingerprint density at radius 2 is 2.29 bits per heavy atom. The number of pyridine rings is 1. The number of nitrogens with one attached hydrogen (secondary N) is 1. The molecule has 1 rings (SSSR count). The minimum atomic E-state index is 0.853. The summed E-state index contributed by atoms with van der Waals surface area (Å²) in [4.78, 5) is 4.19. The Kier molecular flexibility index (Phi) is 5.21. The molecule has 0 fully saturated rings. The molecule has 0 saturated carbocycles. The molecule has 17 heavy (non-hydrogen) atoms. The van der Waals surface area contributed by atoms with Crippen molar-refractivity contribution in [2.75, 3.05) is 7.05 Å². The van der Waals surface area contributed by atoms with E-state index in [9.17, 15) is 0 Å². The van der Waals surface area contributed by atoms with Crippen molar-refractivity contribution < 1.29 is 0 Å². The first-order chi connectivity index (χ1) is 8.15. The highest BCUT2D eigenvalue weighted by atomic mass is 14.8. The van der Waals surface area contributed by atoms with E-state index in [1.54, 1.807) is 0 Å². The van der Waals surface area contributed by atoms with Gasteiger partial charge >= 0.3 is 0 Å². The van der Waals surface area contributed by atoms with Crippen LogP contribution in [-0.2, 0) is 6.42 Å². The van der Waals surface area contributed by atoms with Gasteiger partial charge in [0.2, 0.25) is 0 Å². The van der Waals surface area contributed by atoms with Crippen LogP contribution in [0.15, 0.2) is 54.4 Å². The van der Waals surface area contributed by atoms with E-state index < -0.39 is 0 Å². The Morgan fingerprint density at radius 1 is 1.53 bits per heavy atom. The van der Waals surface area contributed by atoms with Crippen LogP contribution in [0.4, 0.5) is 0 Å². The van der Waals surface area contributed by atoms with E-state index in [2.05, 4.69) is 29.0 Å². The molecule has 0 aromatic carbocycles. The Morgan fingerprint density at radius 3 is 2.88 bits per heavy atom. The van der Waals surface area contributed by atoms with Crippen LogP contribution in [0.3, 0.4) is 0 Å². The molecule has 90 valence electrons. The van der Waals surface area contributed by atoms with Crippen molar-refractivity contribution in [1.82, 2.24) is 10.3 Å².